The minimum absolute atomic E-state index is 0.357. The van der Waals surface area contributed by atoms with Crippen LogP contribution in [0.2, 0.25) is 0 Å². The molecule has 122 valence electrons. The van der Waals surface area contributed by atoms with Crippen molar-refractivity contribution in [1.29, 1.82) is 0 Å². The van der Waals surface area contributed by atoms with E-state index in [1.54, 1.807) is 30.5 Å². The lowest BCUT2D eigenvalue weighted by molar-refractivity contribution is 0.0601. The predicted molar refractivity (Wildman–Crippen MR) is 91.0 cm³/mol. The number of esters is 1. The van der Waals surface area contributed by atoms with E-state index in [1.165, 1.54) is 7.11 Å². The van der Waals surface area contributed by atoms with Gasteiger partial charge >= 0.3 is 5.97 Å². The maximum Gasteiger partial charge on any atom is 0.337 e. The van der Waals surface area contributed by atoms with Gasteiger partial charge in [0.15, 0.2) is 0 Å². The zero-order valence-electron chi connectivity index (χ0n) is 13.7. The van der Waals surface area contributed by atoms with Crippen molar-refractivity contribution in [2.45, 2.75) is 20.3 Å². The van der Waals surface area contributed by atoms with Crippen molar-refractivity contribution in [2.75, 3.05) is 24.3 Å². The van der Waals surface area contributed by atoms with Crippen LogP contribution in [0, 0.1) is 5.92 Å². The van der Waals surface area contributed by atoms with Gasteiger partial charge in [0.25, 0.3) is 0 Å². The molecular weight excluding hydrogens is 292 g/mol. The standard InChI is InChI=1S/C17H22N4O2/c1-12(2)8-10-18-15-9-11-19-17(21-15)20-14-6-4-13(5-7-14)16(22)23-3/h4-7,9,11-12H,8,10H2,1-3H3,(H2,18,19,20,21). The molecule has 23 heavy (non-hydrogen) atoms. The van der Waals surface area contributed by atoms with Crippen molar-refractivity contribution >= 4 is 23.4 Å². The monoisotopic (exact) mass is 314 g/mol. The lowest BCUT2D eigenvalue weighted by atomic mass is 10.1. The van der Waals surface area contributed by atoms with Crippen molar-refractivity contribution in [1.82, 2.24) is 9.97 Å². The van der Waals surface area contributed by atoms with Crippen LogP contribution in [0.4, 0.5) is 17.5 Å². The van der Waals surface area contributed by atoms with E-state index in [1.807, 2.05) is 6.07 Å². The first-order valence-corrected chi connectivity index (χ1v) is 7.61. The smallest absolute Gasteiger partial charge is 0.337 e. The zero-order chi connectivity index (χ0) is 16.7. The van der Waals surface area contributed by atoms with Gasteiger partial charge in [0.1, 0.15) is 5.82 Å². The van der Waals surface area contributed by atoms with Crippen molar-refractivity contribution < 1.29 is 9.53 Å². The third kappa shape index (κ3) is 5.25. The van der Waals surface area contributed by atoms with E-state index >= 15 is 0 Å². The Morgan fingerprint density at radius 1 is 1.22 bits per heavy atom. The molecule has 0 radical (unpaired) electrons. The van der Waals surface area contributed by atoms with Crippen LogP contribution in [-0.4, -0.2) is 29.6 Å². The van der Waals surface area contributed by atoms with Crippen LogP contribution in [-0.2, 0) is 4.74 Å². The van der Waals surface area contributed by atoms with E-state index in [0.29, 0.717) is 17.4 Å². The maximum atomic E-state index is 11.4. The van der Waals surface area contributed by atoms with Crippen molar-refractivity contribution in [3.8, 4) is 0 Å². The van der Waals surface area contributed by atoms with Crippen molar-refractivity contribution in [3.63, 3.8) is 0 Å². The molecule has 0 spiro atoms. The average Bonchev–Trinajstić information content (AvgIpc) is 2.55. The molecule has 6 heteroatoms. The summed E-state index contributed by atoms with van der Waals surface area (Å²) in [4.78, 5) is 20.0. The number of aromatic nitrogens is 2. The number of anilines is 3. The van der Waals surface area contributed by atoms with Crippen molar-refractivity contribution in [3.05, 3.63) is 42.1 Å². The highest BCUT2D eigenvalue weighted by Crippen LogP contribution is 2.15. The fraction of sp³-hybridized carbons (Fsp3) is 0.353. The van der Waals surface area contributed by atoms with Crippen molar-refractivity contribution in [2.24, 2.45) is 5.92 Å². The summed E-state index contributed by atoms with van der Waals surface area (Å²) in [6.45, 7) is 5.25. The van der Waals surface area contributed by atoms with Gasteiger partial charge in [-0.15, -0.1) is 0 Å². The quantitative estimate of drug-likeness (QED) is 0.762. The minimum Gasteiger partial charge on any atom is -0.465 e. The topological polar surface area (TPSA) is 76.1 Å². The highest BCUT2D eigenvalue weighted by Gasteiger charge is 2.05. The fourth-order valence-electron chi connectivity index (χ4n) is 1.94. The summed E-state index contributed by atoms with van der Waals surface area (Å²) in [5.41, 5.74) is 1.31. The van der Waals surface area contributed by atoms with E-state index in [4.69, 9.17) is 0 Å². The van der Waals surface area contributed by atoms with Crippen LogP contribution in [0.15, 0.2) is 36.5 Å². The summed E-state index contributed by atoms with van der Waals surface area (Å²) in [6.07, 6.45) is 2.79. The summed E-state index contributed by atoms with van der Waals surface area (Å²) in [5, 5.41) is 6.39. The van der Waals surface area contributed by atoms with Gasteiger partial charge in [-0.25, -0.2) is 9.78 Å². The highest BCUT2D eigenvalue weighted by molar-refractivity contribution is 5.89. The molecule has 2 aromatic rings. The second-order valence-electron chi connectivity index (χ2n) is 5.57. The Kier molecular flexibility index (Phi) is 5.91. The summed E-state index contributed by atoms with van der Waals surface area (Å²) in [5.74, 6) is 1.58. The Morgan fingerprint density at radius 2 is 1.96 bits per heavy atom. The summed E-state index contributed by atoms with van der Waals surface area (Å²) < 4.78 is 4.67. The predicted octanol–water partition coefficient (Wildman–Crippen LogP) is 3.46. The van der Waals surface area contributed by atoms with Crippen LogP contribution < -0.4 is 10.6 Å². The number of hydrogen-bond acceptors (Lipinski definition) is 6. The molecule has 0 amide bonds. The molecule has 0 atom stereocenters. The first-order chi connectivity index (χ1) is 11.1. The molecule has 0 fully saturated rings. The number of carbonyl (C=O) groups excluding carboxylic acids is 1. The number of hydrogen-bond donors (Lipinski definition) is 2. The summed E-state index contributed by atoms with van der Waals surface area (Å²) >= 11 is 0. The van der Waals surface area contributed by atoms with Gasteiger partial charge in [-0.1, -0.05) is 13.8 Å². The number of nitrogens with one attached hydrogen (secondary N) is 2. The first kappa shape index (κ1) is 16.7. The SMILES string of the molecule is COC(=O)c1ccc(Nc2nccc(NCCC(C)C)n2)cc1. The third-order valence-electron chi connectivity index (χ3n) is 3.25. The second-order valence-corrected chi connectivity index (χ2v) is 5.57. The Bertz CT molecular complexity index is 641. The molecule has 2 rings (SSSR count). The number of benzene rings is 1. The van der Waals surface area contributed by atoms with E-state index in [2.05, 4.69) is 39.2 Å². The number of nitrogens with zero attached hydrogens (tertiary/aromatic N) is 2. The molecule has 0 unspecified atom stereocenters. The van der Waals surface area contributed by atoms with Gasteiger partial charge < -0.3 is 15.4 Å². The van der Waals surface area contributed by atoms with E-state index in [0.717, 1.165) is 24.5 Å². The molecular formula is C17H22N4O2. The highest BCUT2D eigenvalue weighted by atomic mass is 16.5. The normalized spacial score (nSPS) is 10.4. The fourth-order valence-corrected chi connectivity index (χ4v) is 1.94. The first-order valence-electron chi connectivity index (χ1n) is 7.61. The zero-order valence-corrected chi connectivity index (χ0v) is 13.7. The molecule has 0 bridgehead atoms. The molecule has 0 aliphatic carbocycles. The van der Waals surface area contributed by atoms with Gasteiger partial charge in [-0.2, -0.15) is 4.98 Å². The van der Waals surface area contributed by atoms with Gasteiger partial charge in [0.2, 0.25) is 5.95 Å². The Balaban J connectivity index is 1.98. The summed E-state index contributed by atoms with van der Waals surface area (Å²) in [7, 11) is 1.36. The minimum atomic E-state index is -0.357. The molecule has 1 aromatic heterocycles. The lowest BCUT2D eigenvalue weighted by Gasteiger charge is -2.09. The van der Waals surface area contributed by atoms with E-state index in [-0.39, 0.29) is 5.97 Å². The molecule has 0 aliphatic rings. The van der Waals surface area contributed by atoms with Crippen LogP contribution in [0.3, 0.4) is 0 Å². The van der Waals surface area contributed by atoms with Crippen LogP contribution >= 0.6 is 0 Å². The van der Waals surface area contributed by atoms with Crippen LogP contribution in [0.5, 0.6) is 0 Å². The Morgan fingerprint density at radius 3 is 2.61 bits per heavy atom. The van der Waals surface area contributed by atoms with Gasteiger partial charge in [-0.3, -0.25) is 0 Å². The van der Waals surface area contributed by atoms with Crippen LogP contribution in [0.25, 0.3) is 0 Å². The molecule has 0 saturated heterocycles. The molecule has 1 aromatic carbocycles. The second kappa shape index (κ2) is 8.12. The molecule has 0 aliphatic heterocycles. The van der Waals surface area contributed by atoms with Gasteiger partial charge in [0.05, 0.1) is 12.7 Å². The average molecular weight is 314 g/mol. The number of carbonyl (C=O) groups is 1. The van der Waals surface area contributed by atoms with Gasteiger partial charge in [0, 0.05) is 18.4 Å². The number of rotatable bonds is 7. The number of ether oxygens (including phenoxy) is 1. The molecule has 1 heterocycles. The summed E-state index contributed by atoms with van der Waals surface area (Å²) in [6, 6.07) is 8.80. The number of methoxy groups -OCH3 is 1. The Hall–Kier alpha value is -2.63. The maximum absolute atomic E-state index is 11.4. The Labute approximate surface area is 136 Å². The van der Waals surface area contributed by atoms with E-state index in [9.17, 15) is 4.79 Å². The van der Waals surface area contributed by atoms with Crippen LogP contribution in [0.1, 0.15) is 30.6 Å². The largest absolute Gasteiger partial charge is 0.465 e. The molecule has 2 N–H and O–H groups in total. The third-order valence-corrected chi connectivity index (χ3v) is 3.25. The van der Waals surface area contributed by atoms with E-state index < -0.39 is 0 Å². The molecule has 0 saturated carbocycles. The lowest BCUT2D eigenvalue weighted by Crippen LogP contribution is -2.07. The molecule has 6 nitrogen and oxygen atoms in total. The van der Waals surface area contributed by atoms with Gasteiger partial charge in [-0.05, 0) is 42.7 Å².